The van der Waals surface area contributed by atoms with E-state index in [1.165, 1.54) is 12.8 Å². The van der Waals surface area contributed by atoms with E-state index < -0.39 is 0 Å². The third-order valence-corrected chi connectivity index (χ3v) is 6.02. The van der Waals surface area contributed by atoms with Crippen LogP contribution in [0.1, 0.15) is 60.8 Å². The molecule has 0 aromatic carbocycles. The van der Waals surface area contributed by atoms with E-state index in [2.05, 4.69) is 41.5 Å². The van der Waals surface area contributed by atoms with Crippen molar-refractivity contribution in [2.75, 3.05) is 6.61 Å². The van der Waals surface area contributed by atoms with Crippen LogP contribution >= 0.6 is 0 Å². The maximum atomic E-state index is 6.22. The van der Waals surface area contributed by atoms with Crippen LogP contribution < -0.4 is 0 Å². The fourth-order valence-corrected chi connectivity index (χ4v) is 4.26. The molecule has 6 atom stereocenters. The molecule has 0 amide bonds. The third-order valence-electron chi connectivity index (χ3n) is 6.02. The minimum Gasteiger partial charge on any atom is -0.352 e. The maximum Gasteiger partial charge on any atom is 0.161 e. The first-order chi connectivity index (χ1) is 8.90. The largest absolute Gasteiger partial charge is 0.352 e. The zero-order valence-electron chi connectivity index (χ0n) is 13.6. The molecule has 2 fully saturated rings. The Bertz CT molecular complexity index is 302. The first kappa shape index (κ1) is 15.3. The van der Waals surface area contributed by atoms with Crippen LogP contribution in [0.5, 0.6) is 0 Å². The first-order valence-electron chi connectivity index (χ1n) is 8.17. The minimum atomic E-state index is 0.0195. The van der Waals surface area contributed by atoms with Crippen molar-refractivity contribution in [3.05, 3.63) is 0 Å². The van der Waals surface area contributed by atoms with Crippen LogP contribution in [0.2, 0.25) is 0 Å². The molecule has 19 heavy (non-hydrogen) atoms. The molecular weight excluding hydrogens is 236 g/mol. The molecule has 2 aliphatic heterocycles. The summed E-state index contributed by atoms with van der Waals surface area (Å²) >= 11 is 0. The molecule has 0 N–H and O–H groups in total. The van der Waals surface area contributed by atoms with Crippen molar-refractivity contribution in [2.45, 2.75) is 73.2 Å². The van der Waals surface area contributed by atoms with Crippen LogP contribution in [0.15, 0.2) is 0 Å². The van der Waals surface area contributed by atoms with E-state index in [1.807, 2.05) is 0 Å². The molecule has 0 radical (unpaired) electrons. The van der Waals surface area contributed by atoms with E-state index in [0.29, 0.717) is 29.3 Å². The summed E-state index contributed by atoms with van der Waals surface area (Å²) in [6, 6.07) is 0. The molecule has 2 nitrogen and oxygen atoms in total. The Morgan fingerprint density at radius 1 is 1.26 bits per heavy atom. The predicted octanol–water partition coefficient (Wildman–Crippen LogP) is 4.48. The molecular formula is C17H32O2. The van der Waals surface area contributed by atoms with Crippen molar-refractivity contribution < 1.29 is 9.47 Å². The van der Waals surface area contributed by atoms with Gasteiger partial charge in [-0.2, -0.15) is 0 Å². The molecule has 0 aromatic heterocycles. The van der Waals surface area contributed by atoms with Gasteiger partial charge in [-0.05, 0) is 42.9 Å². The molecule has 2 heterocycles. The molecule has 0 bridgehead atoms. The van der Waals surface area contributed by atoms with Gasteiger partial charge in [0.25, 0.3) is 0 Å². The second kappa shape index (κ2) is 5.73. The third kappa shape index (κ3) is 2.71. The van der Waals surface area contributed by atoms with E-state index in [4.69, 9.17) is 9.47 Å². The van der Waals surface area contributed by atoms with Crippen LogP contribution in [-0.4, -0.2) is 19.0 Å². The molecule has 112 valence electrons. The second-order valence-electron chi connectivity index (χ2n) is 7.42. The number of hydrogen-bond acceptors (Lipinski definition) is 2. The Morgan fingerprint density at radius 3 is 2.53 bits per heavy atom. The highest BCUT2D eigenvalue weighted by Gasteiger charge is 2.51. The van der Waals surface area contributed by atoms with Gasteiger partial charge in [0.2, 0.25) is 0 Å². The van der Waals surface area contributed by atoms with Gasteiger partial charge >= 0.3 is 0 Å². The van der Waals surface area contributed by atoms with Gasteiger partial charge in [0.05, 0.1) is 12.7 Å². The van der Waals surface area contributed by atoms with Crippen LogP contribution in [0.3, 0.4) is 0 Å². The van der Waals surface area contributed by atoms with E-state index in [0.717, 1.165) is 18.9 Å². The molecule has 2 aliphatic rings. The summed E-state index contributed by atoms with van der Waals surface area (Å²) in [5.41, 5.74) is 0.338. The lowest BCUT2D eigenvalue weighted by Gasteiger charge is -2.51. The molecule has 2 saturated heterocycles. The molecule has 0 aliphatic carbocycles. The van der Waals surface area contributed by atoms with Gasteiger partial charge in [0, 0.05) is 5.92 Å². The van der Waals surface area contributed by atoms with Gasteiger partial charge < -0.3 is 9.47 Å². The normalized spacial score (nSPS) is 47.8. The Kier molecular flexibility index (Phi) is 4.62. The fourth-order valence-electron chi connectivity index (χ4n) is 4.26. The average Bonchev–Trinajstić information content (AvgIpc) is 2.49. The Hall–Kier alpha value is -0.0800. The molecule has 2 heteroatoms. The number of rotatable bonds is 2. The van der Waals surface area contributed by atoms with Crippen LogP contribution in [0.4, 0.5) is 0 Å². The van der Waals surface area contributed by atoms with Crippen molar-refractivity contribution in [3.8, 4) is 0 Å². The second-order valence-corrected chi connectivity index (χ2v) is 7.42. The van der Waals surface area contributed by atoms with Gasteiger partial charge in [0.15, 0.2) is 6.29 Å². The zero-order chi connectivity index (χ0) is 14.2. The summed E-state index contributed by atoms with van der Waals surface area (Å²) < 4.78 is 12.3. The van der Waals surface area contributed by atoms with Crippen molar-refractivity contribution in [1.29, 1.82) is 0 Å². The summed E-state index contributed by atoms with van der Waals surface area (Å²) in [6.45, 7) is 15.0. The fraction of sp³-hybridized carbons (Fsp3) is 1.00. The number of hydrogen-bond donors (Lipinski definition) is 0. The standard InChI is InChI=1S/C17H32O2/c1-7-14-12(4)10-18-16-15(14)17(6,11(2)3)9-8-13(5)19-16/h11-16H,7-10H2,1-6H3/t12?,13?,14-,15?,16?,17-/m0/s1. The summed E-state index contributed by atoms with van der Waals surface area (Å²) in [5, 5.41) is 0. The molecule has 4 unspecified atom stereocenters. The van der Waals surface area contributed by atoms with Crippen molar-refractivity contribution in [3.63, 3.8) is 0 Å². The Labute approximate surface area is 119 Å². The Balaban J connectivity index is 2.36. The highest BCUT2D eigenvalue weighted by atomic mass is 16.7. The molecule has 0 aromatic rings. The van der Waals surface area contributed by atoms with Crippen LogP contribution in [0.25, 0.3) is 0 Å². The quantitative estimate of drug-likeness (QED) is 0.735. The van der Waals surface area contributed by atoms with Gasteiger partial charge in [-0.15, -0.1) is 0 Å². The smallest absolute Gasteiger partial charge is 0.161 e. The topological polar surface area (TPSA) is 18.5 Å². The lowest BCUT2D eigenvalue weighted by Crippen LogP contribution is -2.51. The highest BCUT2D eigenvalue weighted by molar-refractivity contribution is 4.96. The molecule has 0 spiro atoms. The van der Waals surface area contributed by atoms with Crippen molar-refractivity contribution >= 4 is 0 Å². The number of ether oxygens (including phenoxy) is 2. The monoisotopic (exact) mass is 268 g/mol. The molecule has 2 rings (SSSR count). The van der Waals surface area contributed by atoms with E-state index in [9.17, 15) is 0 Å². The zero-order valence-corrected chi connectivity index (χ0v) is 13.6. The lowest BCUT2D eigenvalue weighted by atomic mass is 9.59. The minimum absolute atomic E-state index is 0.0195. The maximum absolute atomic E-state index is 6.22. The molecule has 0 saturated carbocycles. The van der Waals surface area contributed by atoms with E-state index >= 15 is 0 Å². The van der Waals surface area contributed by atoms with Crippen molar-refractivity contribution in [2.24, 2.45) is 29.1 Å². The first-order valence-corrected chi connectivity index (χ1v) is 8.17. The van der Waals surface area contributed by atoms with E-state index in [1.54, 1.807) is 0 Å². The number of fused-ring (bicyclic) bond motifs is 1. The van der Waals surface area contributed by atoms with Gasteiger partial charge in [-0.1, -0.05) is 41.0 Å². The summed E-state index contributed by atoms with van der Waals surface area (Å²) in [7, 11) is 0. The van der Waals surface area contributed by atoms with E-state index in [-0.39, 0.29) is 6.29 Å². The van der Waals surface area contributed by atoms with Gasteiger partial charge in [0.1, 0.15) is 0 Å². The summed E-state index contributed by atoms with van der Waals surface area (Å²) in [4.78, 5) is 0. The van der Waals surface area contributed by atoms with Crippen LogP contribution in [-0.2, 0) is 9.47 Å². The van der Waals surface area contributed by atoms with Crippen LogP contribution in [0, 0.1) is 29.1 Å². The summed E-state index contributed by atoms with van der Waals surface area (Å²) in [5.74, 6) is 2.61. The predicted molar refractivity (Wildman–Crippen MR) is 78.9 cm³/mol. The van der Waals surface area contributed by atoms with Gasteiger partial charge in [-0.25, -0.2) is 0 Å². The lowest BCUT2D eigenvalue weighted by molar-refractivity contribution is -0.254. The highest BCUT2D eigenvalue weighted by Crippen LogP contribution is 2.52. The Morgan fingerprint density at radius 2 is 1.95 bits per heavy atom. The summed E-state index contributed by atoms with van der Waals surface area (Å²) in [6.07, 6.45) is 4.02. The van der Waals surface area contributed by atoms with Gasteiger partial charge in [-0.3, -0.25) is 0 Å². The SMILES string of the molecule is CC[C@H]1C(C)COC2OC(C)CC[C@@](C)(C(C)C)C21. The van der Waals surface area contributed by atoms with Crippen molar-refractivity contribution in [1.82, 2.24) is 0 Å². The average molecular weight is 268 g/mol.